The Morgan fingerprint density at radius 1 is 1.10 bits per heavy atom. The van der Waals surface area contributed by atoms with Crippen molar-refractivity contribution in [2.24, 2.45) is 0 Å². The van der Waals surface area contributed by atoms with E-state index in [1.165, 1.54) is 0 Å². The number of carbonyl (C=O) groups excluding carboxylic acids is 1. The zero-order valence-corrected chi connectivity index (χ0v) is 16.7. The Kier molecular flexibility index (Phi) is 4.74. The average Bonchev–Trinajstić information content (AvgIpc) is 3.60. The van der Waals surface area contributed by atoms with Gasteiger partial charge in [0.2, 0.25) is 0 Å². The summed E-state index contributed by atoms with van der Waals surface area (Å²) in [6, 6.07) is 9.34. The van der Waals surface area contributed by atoms with E-state index in [0.717, 1.165) is 6.07 Å². The minimum Gasteiger partial charge on any atom is -0.545 e. The van der Waals surface area contributed by atoms with Crippen molar-refractivity contribution in [2.45, 2.75) is 18.9 Å². The summed E-state index contributed by atoms with van der Waals surface area (Å²) in [5, 5.41) is 14.9. The summed E-state index contributed by atoms with van der Waals surface area (Å²) in [6.45, 7) is 2.03. The van der Waals surface area contributed by atoms with Crippen LogP contribution in [0.25, 0.3) is 22.2 Å². The molecule has 0 atom stereocenters. The Labute approximate surface area is 176 Å². The number of halogens is 2. The normalized spacial score (nSPS) is 16.6. The highest BCUT2D eigenvalue weighted by atomic mass is 19.1. The lowest BCUT2D eigenvalue weighted by Crippen LogP contribution is -2.44. The first-order valence-corrected chi connectivity index (χ1v) is 10.3. The van der Waals surface area contributed by atoms with Crippen LogP contribution in [0.3, 0.4) is 0 Å². The van der Waals surface area contributed by atoms with Crippen LogP contribution in [0.5, 0.6) is 0 Å². The minimum absolute atomic E-state index is 0.0497. The molecule has 1 N–H and O–H groups in total. The number of benzene rings is 2. The van der Waals surface area contributed by atoms with E-state index < -0.39 is 28.6 Å². The quantitative estimate of drug-likeness (QED) is 0.694. The molecule has 5 rings (SSSR count). The van der Waals surface area contributed by atoms with E-state index in [4.69, 9.17) is 0 Å². The van der Waals surface area contributed by atoms with Crippen molar-refractivity contribution in [3.8, 4) is 11.3 Å². The molecule has 31 heavy (non-hydrogen) atoms. The summed E-state index contributed by atoms with van der Waals surface area (Å²) >= 11 is 0. The number of fused-ring (bicyclic) bond motifs is 1. The molecular weight excluding hydrogens is 404 g/mol. The lowest BCUT2D eigenvalue weighted by Gasteiger charge is -2.31. The number of hydrogen-bond acceptors (Lipinski definition) is 5. The molecule has 1 aromatic heterocycles. The highest BCUT2D eigenvalue weighted by molar-refractivity contribution is 6.00. The number of piperazine rings is 1. The molecule has 0 unspecified atom stereocenters. The number of carboxylic acids is 1. The van der Waals surface area contributed by atoms with Crippen LogP contribution in [0.15, 0.2) is 41.2 Å². The van der Waals surface area contributed by atoms with Gasteiger partial charge in [0.1, 0.15) is 11.5 Å². The van der Waals surface area contributed by atoms with Gasteiger partial charge in [0.25, 0.3) is 0 Å². The number of nitrogens with one attached hydrogen (secondary N) is 1. The fourth-order valence-corrected chi connectivity index (χ4v) is 4.43. The largest absolute Gasteiger partial charge is 0.545 e. The standard InChI is InChI=1S/C23H21F2N3O3/c24-16-12-15-20(18(25)21(16)27-10-8-26-9-11-27)28(14-6-7-14)19(13-4-2-1-3-5-13)17(22(15)29)23(30)31/h1-5,12,14,26H,6-11H2,(H,30,31)/p-1. The lowest BCUT2D eigenvalue weighted by atomic mass is 10.00. The van der Waals surface area contributed by atoms with Crippen LogP contribution in [-0.2, 0) is 0 Å². The summed E-state index contributed by atoms with van der Waals surface area (Å²) in [6.07, 6.45) is 1.42. The summed E-state index contributed by atoms with van der Waals surface area (Å²) in [4.78, 5) is 26.8. The molecule has 0 amide bonds. The summed E-state index contributed by atoms with van der Waals surface area (Å²) in [7, 11) is 0. The van der Waals surface area contributed by atoms with Crippen LogP contribution in [0.1, 0.15) is 29.2 Å². The van der Waals surface area contributed by atoms with Crippen LogP contribution in [0.2, 0.25) is 0 Å². The van der Waals surface area contributed by atoms with E-state index in [1.807, 2.05) is 0 Å². The lowest BCUT2D eigenvalue weighted by molar-refractivity contribution is -0.255. The van der Waals surface area contributed by atoms with Gasteiger partial charge in [-0.1, -0.05) is 30.3 Å². The number of rotatable bonds is 4. The van der Waals surface area contributed by atoms with Crippen molar-refractivity contribution >= 4 is 22.6 Å². The van der Waals surface area contributed by atoms with E-state index in [-0.39, 0.29) is 28.3 Å². The van der Waals surface area contributed by atoms with Crippen molar-refractivity contribution in [3.63, 3.8) is 0 Å². The SMILES string of the molecule is O=C([O-])c1c(-c2ccccc2)n(C2CC2)c2c(F)c(N3CCNCC3)c(F)cc2c1=O. The number of aromatic carboxylic acids is 1. The van der Waals surface area contributed by atoms with Crippen LogP contribution < -0.4 is 20.8 Å². The average molecular weight is 424 g/mol. The van der Waals surface area contributed by atoms with Crippen molar-refractivity contribution in [3.05, 3.63) is 63.8 Å². The molecule has 160 valence electrons. The van der Waals surface area contributed by atoms with Gasteiger partial charge in [0, 0.05) is 32.2 Å². The third kappa shape index (κ3) is 3.18. The number of pyridine rings is 1. The summed E-state index contributed by atoms with van der Waals surface area (Å²) in [5.74, 6) is -3.36. The van der Waals surface area contributed by atoms with Crippen molar-refractivity contribution in [1.82, 2.24) is 9.88 Å². The second-order valence-corrected chi connectivity index (χ2v) is 7.96. The third-order valence-corrected chi connectivity index (χ3v) is 5.96. The molecule has 3 aromatic rings. The molecule has 0 spiro atoms. The molecular formula is C23H20F2N3O3-. The molecule has 0 bridgehead atoms. The zero-order valence-electron chi connectivity index (χ0n) is 16.7. The number of aromatic nitrogens is 1. The summed E-state index contributed by atoms with van der Waals surface area (Å²) in [5.41, 5.74) is -1.15. The molecule has 1 saturated carbocycles. The molecule has 2 aliphatic rings. The Bertz CT molecular complexity index is 1250. The number of hydrogen-bond donors (Lipinski definition) is 1. The maximum Gasteiger partial charge on any atom is 0.199 e. The smallest absolute Gasteiger partial charge is 0.199 e. The van der Waals surface area contributed by atoms with Gasteiger partial charge in [-0.25, -0.2) is 8.78 Å². The predicted molar refractivity (Wildman–Crippen MR) is 111 cm³/mol. The van der Waals surface area contributed by atoms with E-state index in [0.29, 0.717) is 44.6 Å². The molecule has 1 aliphatic carbocycles. The van der Waals surface area contributed by atoms with Crippen LogP contribution >= 0.6 is 0 Å². The van der Waals surface area contributed by atoms with Crippen molar-refractivity contribution in [2.75, 3.05) is 31.1 Å². The Hall–Kier alpha value is -3.26. The molecule has 2 heterocycles. The van der Waals surface area contributed by atoms with Gasteiger partial charge in [0.15, 0.2) is 11.2 Å². The second kappa shape index (κ2) is 7.46. The van der Waals surface area contributed by atoms with Gasteiger partial charge in [-0.15, -0.1) is 0 Å². The molecule has 1 saturated heterocycles. The Balaban J connectivity index is 1.92. The fraction of sp³-hybridized carbons (Fsp3) is 0.304. The zero-order chi connectivity index (χ0) is 21.7. The van der Waals surface area contributed by atoms with E-state index >= 15 is 8.78 Å². The third-order valence-electron chi connectivity index (χ3n) is 5.96. The van der Waals surface area contributed by atoms with Crippen LogP contribution in [0, 0.1) is 11.6 Å². The molecule has 0 radical (unpaired) electrons. The molecule has 2 aromatic carbocycles. The fourth-order valence-electron chi connectivity index (χ4n) is 4.43. The van der Waals surface area contributed by atoms with Crippen LogP contribution in [-0.4, -0.2) is 36.7 Å². The number of nitrogens with zero attached hydrogens (tertiary/aromatic N) is 2. The van der Waals surface area contributed by atoms with E-state index in [9.17, 15) is 14.7 Å². The van der Waals surface area contributed by atoms with Crippen LogP contribution in [0.4, 0.5) is 14.5 Å². The van der Waals surface area contributed by atoms with Gasteiger partial charge in [-0.2, -0.15) is 0 Å². The number of carboxylic acid groups (broad SMARTS) is 1. The van der Waals surface area contributed by atoms with Gasteiger partial charge in [-0.3, -0.25) is 4.79 Å². The Morgan fingerprint density at radius 3 is 2.39 bits per heavy atom. The first-order chi connectivity index (χ1) is 15.0. The molecule has 8 heteroatoms. The highest BCUT2D eigenvalue weighted by Gasteiger charge is 2.33. The highest BCUT2D eigenvalue weighted by Crippen LogP contribution is 2.43. The predicted octanol–water partition coefficient (Wildman–Crippen LogP) is 2.05. The minimum atomic E-state index is -1.66. The topological polar surface area (TPSA) is 77.4 Å². The number of carbonyl (C=O) groups is 1. The van der Waals surface area contributed by atoms with Gasteiger partial charge in [-0.05, 0) is 24.5 Å². The second-order valence-electron chi connectivity index (χ2n) is 7.96. The monoisotopic (exact) mass is 424 g/mol. The number of anilines is 1. The van der Waals surface area contributed by atoms with Gasteiger partial charge in [0.05, 0.1) is 28.1 Å². The van der Waals surface area contributed by atoms with Crippen molar-refractivity contribution in [1.29, 1.82) is 0 Å². The van der Waals surface area contributed by atoms with E-state index in [2.05, 4.69) is 5.32 Å². The van der Waals surface area contributed by atoms with Gasteiger partial charge >= 0.3 is 0 Å². The van der Waals surface area contributed by atoms with E-state index in [1.54, 1.807) is 39.8 Å². The first-order valence-electron chi connectivity index (χ1n) is 10.3. The molecule has 1 aliphatic heterocycles. The molecule has 2 fully saturated rings. The molecule has 6 nitrogen and oxygen atoms in total. The first kappa shape index (κ1) is 19.7. The summed E-state index contributed by atoms with van der Waals surface area (Å²) < 4.78 is 32.6. The van der Waals surface area contributed by atoms with Gasteiger partial charge < -0.3 is 24.7 Å². The van der Waals surface area contributed by atoms with Crippen molar-refractivity contribution < 1.29 is 18.7 Å². The maximum absolute atomic E-state index is 15.9. The Morgan fingerprint density at radius 2 is 1.77 bits per heavy atom. The maximum atomic E-state index is 15.9.